The normalized spacial score (nSPS) is 11.1. The van der Waals surface area contributed by atoms with Crippen molar-refractivity contribution < 1.29 is 9.47 Å². The highest BCUT2D eigenvalue weighted by Gasteiger charge is 2.03. The van der Waals surface area contributed by atoms with Crippen LogP contribution in [0.5, 0.6) is 0 Å². The molecule has 0 fully saturated rings. The molecule has 144 valence electrons. The SMILES string of the molecule is CN=C(NCCCCOCCOC)NCc1ccc(C)cc1SC.I. The number of ether oxygens (including phenoxy) is 2. The second kappa shape index (κ2) is 15.7. The molecule has 0 amide bonds. The van der Waals surface area contributed by atoms with Gasteiger partial charge in [-0.2, -0.15) is 0 Å². The molecule has 0 aliphatic rings. The van der Waals surface area contributed by atoms with Gasteiger partial charge in [-0.25, -0.2) is 0 Å². The lowest BCUT2D eigenvalue weighted by Crippen LogP contribution is -2.37. The Bertz CT molecular complexity index is 501. The number of guanidine groups is 1. The number of methoxy groups -OCH3 is 1. The minimum Gasteiger partial charge on any atom is -0.382 e. The highest BCUT2D eigenvalue weighted by Crippen LogP contribution is 2.21. The predicted octanol–water partition coefficient (Wildman–Crippen LogP) is 3.44. The van der Waals surface area contributed by atoms with Crippen molar-refractivity contribution in [3.63, 3.8) is 0 Å². The van der Waals surface area contributed by atoms with Crippen molar-refractivity contribution in [2.75, 3.05) is 46.8 Å². The van der Waals surface area contributed by atoms with Gasteiger partial charge in [-0.1, -0.05) is 12.1 Å². The second-order valence-electron chi connectivity index (χ2n) is 5.48. The van der Waals surface area contributed by atoms with Crippen molar-refractivity contribution in [1.29, 1.82) is 0 Å². The Labute approximate surface area is 173 Å². The molecular weight excluding hydrogens is 449 g/mol. The highest BCUT2D eigenvalue weighted by atomic mass is 127. The molecule has 1 rings (SSSR count). The van der Waals surface area contributed by atoms with Crippen LogP contribution in [0.1, 0.15) is 24.0 Å². The molecule has 0 atom stereocenters. The van der Waals surface area contributed by atoms with E-state index in [9.17, 15) is 0 Å². The molecule has 0 radical (unpaired) electrons. The fraction of sp³-hybridized carbons (Fsp3) is 0.611. The number of benzene rings is 1. The van der Waals surface area contributed by atoms with Crippen molar-refractivity contribution in [3.05, 3.63) is 29.3 Å². The van der Waals surface area contributed by atoms with Gasteiger partial charge in [0.2, 0.25) is 0 Å². The number of hydrogen-bond donors (Lipinski definition) is 2. The number of hydrogen-bond acceptors (Lipinski definition) is 4. The van der Waals surface area contributed by atoms with Gasteiger partial charge in [0.15, 0.2) is 5.96 Å². The van der Waals surface area contributed by atoms with Crippen LogP contribution < -0.4 is 10.6 Å². The third-order valence-corrected chi connectivity index (χ3v) is 4.37. The average molecular weight is 481 g/mol. The Balaban J connectivity index is 0.00000576. The molecule has 7 heteroatoms. The predicted molar refractivity (Wildman–Crippen MR) is 119 cm³/mol. The summed E-state index contributed by atoms with van der Waals surface area (Å²) in [6.45, 7) is 5.88. The summed E-state index contributed by atoms with van der Waals surface area (Å²) in [7, 11) is 3.48. The van der Waals surface area contributed by atoms with E-state index in [1.807, 2.05) is 0 Å². The maximum absolute atomic E-state index is 5.45. The summed E-state index contributed by atoms with van der Waals surface area (Å²) in [6, 6.07) is 6.55. The Morgan fingerprint density at radius 1 is 1.16 bits per heavy atom. The first-order valence-corrected chi connectivity index (χ1v) is 9.58. The summed E-state index contributed by atoms with van der Waals surface area (Å²) in [5.41, 5.74) is 2.58. The van der Waals surface area contributed by atoms with Gasteiger partial charge in [0.25, 0.3) is 0 Å². The monoisotopic (exact) mass is 481 g/mol. The van der Waals surface area contributed by atoms with Gasteiger partial charge in [0.1, 0.15) is 0 Å². The van der Waals surface area contributed by atoms with E-state index in [1.165, 1.54) is 16.0 Å². The van der Waals surface area contributed by atoms with Gasteiger partial charge < -0.3 is 20.1 Å². The summed E-state index contributed by atoms with van der Waals surface area (Å²) >= 11 is 1.78. The van der Waals surface area contributed by atoms with Crippen LogP contribution in [0.3, 0.4) is 0 Å². The quantitative estimate of drug-likeness (QED) is 0.167. The first-order chi connectivity index (χ1) is 11.7. The van der Waals surface area contributed by atoms with Crippen LogP contribution in [-0.4, -0.2) is 52.7 Å². The van der Waals surface area contributed by atoms with Crippen molar-refractivity contribution in [2.45, 2.75) is 31.2 Å². The zero-order chi connectivity index (χ0) is 17.6. The smallest absolute Gasteiger partial charge is 0.191 e. The van der Waals surface area contributed by atoms with Crippen LogP contribution in [0.4, 0.5) is 0 Å². The van der Waals surface area contributed by atoms with Crippen LogP contribution in [0.25, 0.3) is 0 Å². The number of nitrogens with zero attached hydrogens (tertiary/aromatic N) is 1. The van der Waals surface area contributed by atoms with E-state index in [4.69, 9.17) is 9.47 Å². The molecular formula is C18H32IN3O2S. The third-order valence-electron chi connectivity index (χ3n) is 3.55. The standard InChI is InChI=1S/C18H31N3O2S.HI/c1-15-7-8-16(17(13-15)24-4)14-21-18(19-2)20-9-5-6-10-23-12-11-22-3;/h7-8,13H,5-6,9-12,14H2,1-4H3,(H2,19,20,21);1H. The number of aliphatic imine (C=N–C) groups is 1. The maximum atomic E-state index is 5.45. The topological polar surface area (TPSA) is 54.9 Å². The van der Waals surface area contributed by atoms with Crippen LogP contribution >= 0.6 is 35.7 Å². The lowest BCUT2D eigenvalue weighted by Gasteiger charge is -2.14. The van der Waals surface area contributed by atoms with E-state index in [0.29, 0.717) is 13.2 Å². The van der Waals surface area contributed by atoms with Gasteiger partial charge in [0, 0.05) is 38.7 Å². The molecule has 0 aromatic heterocycles. The molecule has 2 N–H and O–H groups in total. The van der Waals surface area contributed by atoms with E-state index in [1.54, 1.807) is 25.9 Å². The van der Waals surface area contributed by atoms with E-state index in [0.717, 1.165) is 38.5 Å². The fourth-order valence-corrected chi connectivity index (χ4v) is 2.88. The van der Waals surface area contributed by atoms with Gasteiger partial charge in [-0.15, -0.1) is 35.7 Å². The number of thioether (sulfide) groups is 1. The fourth-order valence-electron chi connectivity index (χ4n) is 2.18. The first-order valence-electron chi connectivity index (χ1n) is 8.36. The largest absolute Gasteiger partial charge is 0.382 e. The number of halogens is 1. The summed E-state index contributed by atoms with van der Waals surface area (Å²) in [5, 5.41) is 6.72. The van der Waals surface area contributed by atoms with E-state index in [2.05, 4.69) is 47.0 Å². The van der Waals surface area contributed by atoms with Crippen LogP contribution in [0, 0.1) is 6.92 Å². The minimum atomic E-state index is 0. The van der Waals surface area contributed by atoms with Crippen molar-refractivity contribution in [1.82, 2.24) is 10.6 Å². The zero-order valence-electron chi connectivity index (χ0n) is 15.8. The minimum absolute atomic E-state index is 0. The van der Waals surface area contributed by atoms with E-state index >= 15 is 0 Å². The molecule has 0 aliphatic carbocycles. The van der Waals surface area contributed by atoms with Crippen molar-refractivity contribution >= 4 is 41.7 Å². The molecule has 0 aliphatic heterocycles. The molecule has 25 heavy (non-hydrogen) atoms. The van der Waals surface area contributed by atoms with Crippen molar-refractivity contribution in [3.8, 4) is 0 Å². The van der Waals surface area contributed by atoms with Crippen LogP contribution in [0.15, 0.2) is 28.1 Å². The number of aryl methyl sites for hydroxylation is 1. The Hall–Kier alpha value is -0.510. The van der Waals surface area contributed by atoms with Crippen molar-refractivity contribution in [2.24, 2.45) is 4.99 Å². The summed E-state index contributed by atoms with van der Waals surface area (Å²) < 4.78 is 10.4. The van der Waals surface area contributed by atoms with Gasteiger partial charge >= 0.3 is 0 Å². The Morgan fingerprint density at radius 2 is 1.96 bits per heavy atom. The molecule has 0 saturated carbocycles. The number of rotatable bonds is 11. The Kier molecular flexibility index (Phi) is 15.4. The first kappa shape index (κ1) is 24.5. The van der Waals surface area contributed by atoms with Crippen LogP contribution in [-0.2, 0) is 16.0 Å². The number of nitrogens with one attached hydrogen (secondary N) is 2. The summed E-state index contributed by atoms with van der Waals surface area (Å²) in [6.07, 6.45) is 4.19. The molecule has 1 aromatic carbocycles. The molecule has 0 heterocycles. The zero-order valence-corrected chi connectivity index (χ0v) is 18.9. The molecule has 0 saturated heterocycles. The highest BCUT2D eigenvalue weighted by molar-refractivity contribution is 14.0. The van der Waals surface area contributed by atoms with Crippen LogP contribution in [0.2, 0.25) is 0 Å². The van der Waals surface area contributed by atoms with E-state index in [-0.39, 0.29) is 24.0 Å². The van der Waals surface area contributed by atoms with Gasteiger partial charge in [0.05, 0.1) is 13.2 Å². The lowest BCUT2D eigenvalue weighted by molar-refractivity contribution is 0.0689. The van der Waals surface area contributed by atoms with E-state index < -0.39 is 0 Å². The summed E-state index contributed by atoms with van der Waals surface area (Å²) in [5.74, 6) is 0.836. The molecule has 0 bridgehead atoms. The summed E-state index contributed by atoms with van der Waals surface area (Å²) in [4.78, 5) is 5.59. The third kappa shape index (κ3) is 10.9. The van der Waals surface area contributed by atoms with Gasteiger partial charge in [-0.05, 0) is 43.2 Å². The van der Waals surface area contributed by atoms with Gasteiger partial charge in [-0.3, -0.25) is 4.99 Å². The second-order valence-corrected chi connectivity index (χ2v) is 6.33. The average Bonchev–Trinajstić information content (AvgIpc) is 2.60. The molecule has 1 aromatic rings. The maximum Gasteiger partial charge on any atom is 0.191 e. The molecule has 0 unspecified atom stereocenters. The molecule has 5 nitrogen and oxygen atoms in total. The number of unbranched alkanes of at least 4 members (excludes halogenated alkanes) is 1. The molecule has 0 spiro atoms. The Morgan fingerprint density at radius 3 is 2.64 bits per heavy atom. The lowest BCUT2D eigenvalue weighted by atomic mass is 10.1.